The molecule has 1 aliphatic heterocycles. The number of aromatic nitrogens is 1. The molecule has 1 aromatic carbocycles. The number of rotatable bonds is 5. The monoisotopic (exact) mass is 341 g/mol. The molecule has 7 heteroatoms. The molecular formula is C18H19N3O4. The summed E-state index contributed by atoms with van der Waals surface area (Å²) >= 11 is 0. The van der Waals surface area contributed by atoms with Crippen molar-refractivity contribution in [2.45, 2.75) is 13.3 Å². The van der Waals surface area contributed by atoms with E-state index in [2.05, 4.69) is 15.6 Å². The van der Waals surface area contributed by atoms with Crippen LogP contribution >= 0.6 is 0 Å². The lowest BCUT2D eigenvalue weighted by Gasteiger charge is -2.21. The van der Waals surface area contributed by atoms with Gasteiger partial charge in [-0.05, 0) is 49.7 Å². The number of hydrogen-bond acceptors (Lipinski definition) is 5. The van der Waals surface area contributed by atoms with Crippen molar-refractivity contribution >= 4 is 17.6 Å². The third kappa shape index (κ3) is 3.61. The first-order valence-corrected chi connectivity index (χ1v) is 7.96. The number of amides is 1. The number of ether oxygens (including phenoxy) is 1. The summed E-state index contributed by atoms with van der Waals surface area (Å²) in [4.78, 5) is 28.1. The van der Waals surface area contributed by atoms with Crippen molar-refractivity contribution in [3.05, 3.63) is 48.2 Å². The molecule has 2 heterocycles. The van der Waals surface area contributed by atoms with Crippen LogP contribution in [0.25, 0.3) is 0 Å². The smallest absolute Gasteiger partial charge is 0.320 e. The number of aliphatic carboxylic acids is 1. The van der Waals surface area contributed by atoms with Gasteiger partial charge in [-0.25, -0.2) is 4.98 Å². The lowest BCUT2D eigenvalue weighted by Crippen LogP contribution is -2.44. The molecule has 1 unspecified atom stereocenters. The fourth-order valence-corrected chi connectivity index (χ4v) is 2.66. The molecule has 0 bridgehead atoms. The highest BCUT2D eigenvalue weighted by Crippen LogP contribution is 2.28. The van der Waals surface area contributed by atoms with Crippen LogP contribution in [-0.2, 0) is 9.59 Å². The summed E-state index contributed by atoms with van der Waals surface area (Å²) in [5.74, 6) is -0.576. The minimum atomic E-state index is -1.42. The number of pyridine rings is 1. The van der Waals surface area contributed by atoms with Gasteiger partial charge in [-0.1, -0.05) is 6.07 Å². The molecule has 1 aliphatic rings. The fraction of sp³-hybridized carbons (Fsp3) is 0.278. The summed E-state index contributed by atoms with van der Waals surface area (Å²) in [7, 11) is 0. The molecule has 0 saturated carbocycles. The molecule has 2 aromatic rings. The summed E-state index contributed by atoms with van der Waals surface area (Å²) in [5.41, 5.74) is 0.141. The van der Waals surface area contributed by atoms with E-state index in [1.165, 1.54) is 0 Å². The van der Waals surface area contributed by atoms with Crippen molar-refractivity contribution in [2.75, 3.05) is 18.4 Å². The van der Waals surface area contributed by atoms with E-state index in [0.717, 1.165) is 5.56 Å². The Kier molecular flexibility index (Phi) is 4.67. The first-order chi connectivity index (χ1) is 12.0. The summed E-state index contributed by atoms with van der Waals surface area (Å²) in [6, 6.07) is 10.4. The quantitative estimate of drug-likeness (QED) is 0.721. The average Bonchev–Trinajstić information content (AvgIpc) is 3.10. The molecule has 1 amide bonds. The van der Waals surface area contributed by atoms with Crippen LogP contribution in [0.5, 0.6) is 11.6 Å². The third-order valence-electron chi connectivity index (χ3n) is 4.22. The number of carbonyl (C=O) groups excluding carboxylic acids is 1. The van der Waals surface area contributed by atoms with Gasteiger partial charge < -0.3 is 20.5 Å². The van der Waals surface area contributed by atoms with Gasteiger partial charge in [-0.15, -0.1) is 0 Å². The van der Waals surface area contributed by atoms with Crippen molar-refractivity contribution in [3.63, 3.8) is 0 Å². The average molecular weight is 341 g/mol. The van der Waals surface area contributed by atoms with Crippen molar-refractivity contribution in [1.29, 1.82) is 0 Å². The van der Waals surface area contributed by atoms with Crippen molar-refractivity contribution in [1.82, 2.24) is 10.3 Å². The standard InChI is InChI=1S/C18H19N3O4/c1-12-2-7-15(20-10-12)25-14-5-3-13(4-6-14)21-16(22)18(17(23)24)8-9-19-11-18/h2-7,10,19H,8-9,11H2,1H3,(H,21,22)(H,23,24). The van der Waals surface area contributed by atoms with Crippen molar-refractivity contribution in [3.8, 4) is 11.6 Å². The number of nitrogens with one attached hydrogen (secondary N) is 2. The first-order valence-electron chi connectivity index (χ1n) is 7.96. The minimum Gasteiger partial charge on any atom is -0.480 e. The predicted octanol–water partition coefficient (Wildman–Crippen LogP) is 2.19. The van der Waals surface area contributed by atoms with E-state index < -0.39 is 17.3 Å². The number of benzene rings is 1. The number of carboxylic acid groups (broad SMARTS) is 1. The lowest BCUT2D eigenvalue weighted by molar-refractivity contribution is -0.152. The summed E-state index contributed by atoms with van der Waals surface area (Å²) in [6.45, 7) is 2.59. The maximum Gasteiger partial charge on any atom is 0.320 e. The molecular weight excluding hydrogens is 322 g/mol. The number of carbonyl (C=O) groups is 2. The van der Waals surface area contributed by atoms with Crippen LogP contribution in [0.15, 0.2) is 42.6 Å². The fourth-order valence-electron chi connectivity index (χ4n) is 2.66. The molecule has 7 nitrogen and oxygen atoms in total. The highest BCUT2D eigenvalue weighted by molar-refractivity contribution is 6.08. The number of anilines is 1. The zero-order valence-corrected chi connectivity index (χ0v) is 13.8. The summed E-state index contributed by atoms with van der Waals surface area (Å²) in [6.07, 6.45) is 1.99. The maximum absolute atomic E-state index is 12.4. The second kappa shape index (κ2) is 6.90. The summed E-state index contributed by atoms with van der Waals surface area (Å²) in [5, 5.41) is 15.0. The van der Waals surface area contributed by atoms with Crippen LogP contribution in [0.3, 0.4) is 0 Å². The van der Waals surface area contributed by atoms with E-state index in [-0.39, 0.29) is 13.0 Å². The van der Waals surface area contributed by atoms with Gasteiger partial charge >= 0.3 is 5.97 Å². The van der Waals surface area contributed by atoms with Crippen LogP contribution < -0.4 is 15.4 Å². The largest absolute Gasteiger partial charge is 0.480 e. The molecule has 3 N–H and O–H groups in total. The van der Waals surface area contributed by atoms with Gasteiger partial charge in [0.05, 0.1) is 0 Å². The number of hydrogen-bond donors (Lipinski definition) is 3. The van der Waals surface area contributed by atoms with E-state index in [4.69, 9.17) is 4.74 Å². The molecule has 3 rings (SSSR count). The van der Waals surface area contributed by atoms with Gasteiger partial charge in [-0.2, -0.15) is 0 Å². The van der Waals surface area contributed by atoms with E-state index in [9.17, 15) is 14.7 Å². The molecule has 1 aromatic heterocycles. The zero-order valence-electron chi connectivity index (χ0n) is 13.8. The van der Waals surface area contributed by atoms with Crippen LogP contribution in [0.4, 0.5) is 5.69 Å². The minimum absolute atomic E-state index is 0.133. The number of aryl methyl sites for hydroxylation is 1. The highest BCUT2D eigenvalue weighted by Gasteiger charge is 2.48. The molecule has 1 fully saturated rings. The second-order valence-corrected chi connectivity index (χ2v) is 6.07. The van der Waals surface area contributed by atoms with Crippen molar-refractivity contribution < 1.29 is 19.4 Å². The maximum atomic E-state index is 12.4. The van der Waals surface area contributed by atoms with E-state index >= 15 is 0 Å². The Hall–Kier alpha value is -2.93. The Morgan fingerprint density at radius 1 is 1.24 bits per heavy atom. The Morgan fingerprint density at radius 2 is 2.00 bits per heavy atom. The predicted molar refractivity (Wildman–Crippen MR) is 91.7 cm³/mol. The van der Waals surface area contributed by atoms with E-state index in [1.807, 2.05) is 13.0 Å². The van der Waals surface area contributed by atoms with Crippen molar-refractivity contribution in [2.24, 2.45) is 5.41 Å². The Morgan fingerprint density at radius 3 is 2.56 bits per heavy atom. The highest BCUT2D eigenvalue weighted by atomic mass is 16.5. The van der Waals surface area contributed by atoms with Gasteiger partial charge in [0.15, 0.2) is 5.41 Å². The van der Waals surface area contributed by atoms with Gasteiger partial charge in [0.25, 0.3) is 0 Å². The Balaban J connectivity index is 1.67. The number of nitrogens with zero attached hydrogens (tertiary/aromatic N) is 1. The van der Waals surface area contributed by atoms with Crippen LogP contribution in [0, 0.1) is 12.3 Å². The normalized spacial score (nSPS) is 19.4. The molecule has 130 valence electrons. The second-order valence-electron chi connectivity index (χ2n) is 6.07. The molecule has 0 spiro atoms. The topological polar surface area (TPSA) is 101 Å². The van der Waals surface area contributed by atoms with Gasteiger partial charge in [0.1, 0.15) is 5.75 Å². The van der Waals surface area contributed by atoms with Crippen LogP contribution in [0.2, 0.25) is 0 Å². The Bertz CT molecular complexity index is 766. The number of carboxylic acids is 1. The van der Waals surface area contributed by atoms with E-state index in [1.54, 1.807) is 36.5 Å². The molecule has 1 atom stereocenters. The SMILES string of the molecule is Cc1ccc(Oc2ccc(NC(=O)C3(C(=O)O)CCNC3)cc2)nc1. The van der Waals surface area contributed by atoms with E-state index in [0.29, 0.717) is 23.9 Å². The zero-order chi connectivity index (χ0) is 17.9. The third-order valence-corrected chi connectivity index (χ3v) is 4.22. The molecule has 0 radical (unpaired) electrons. The van der Waals surface area contributed by atoms with Gasteiger partial charge in [0.2, 0.25) is 11.8 Å². The van der Waals surface area contributed by atoms with Crippen LogP contribution in [-0.4, -0.2) is 35.1 Å². The Labute approximate surface area is 145 Å². The molecule has 1 saturated heterocycles. The van der Waals surface area contributed by atoms with Crippen LogP contribution in [0.1, 0.15) is 12.0 Å². The molecule has 25 heavy (non-hydrogen) atoms. The first kappa shape index (κ1) is 16.9. The summed E-state index contributed by atoms with van der Waals surface area (Å²) < 4.78 is 5.62. The lowest BCUT2D eigenvalue weighted by atomic mass is 9.86. The molecule has 0 aliphatic carbocycles. The van der Waals surface area contributed by atoms with Gasteiger partial charge in [0, 0.05) is 24.5 Å². The van der Waals surface area contributed by atoms with Gasteiger partial charge in [-0.3, -0.25) is 9.59 Å².